The smallest absolute Gasteiger partial charge is 0.242 e. The third-order valence-corrected chi connectivity index (χ3v) is 7.34. The van der Waals surface area contributed by atoms with Gasteiger partial charge >= 0.3 is 0 Å². The molecule has 0 bridgehead atoms. The number of imidazole rings is 1. The van der Waals surface area contributed by atoms with Gasteiger partial charge in [-0.1, -0.05) is 25.5 Å². The largest absolute Gasteiger partial charge is 0.328 e. The van der Waals surface area contributed by atoms with Gasteiger partial charge in [0.15, 0.2) is 0 Å². The van der Waals surface area contributed by atoms with Crippen molar-refractivity contribution < 1.29 is 13.2 Å². The van der Waals surface area contributed by atoms with E-state index in [0.29, 0.717) is 24.9 Å². The number of nitrogens with zero attached hydrogens (tertiary/aromatic N) is 3. The first-order valence-corrected chi connectivity index (χ1v) is 12.5. The van der Waals surface area contributed by atoms with Crippen LogP contribution in [0.3, 0.4) is 0 Å². The number of aromatic nitrogens is 2. The standard InChI is InChI=1S/C24H32N4O3S/c1-5-7-8-18-9-11-19(12-10-18)25-24(29)16-15-23-26-21-17-20(32(30,31)27(3)4)13-14-22(21)28(23)6-2/h9-14,17H,5-8,15-16H2,1-4H3,(H,25,29). The van der Waals surface area contributed by atoms with Gasteiger partial charge < -0.3 is 9.88 Å². The second kappa shape index (κ2) is 10.3. The van der Waals surface area contributed by atoms with E-state index in [1.54, 1.807) is 18.2 Å². The van der Waals surface area contributed by atoms with Gasteiger partial charge in [-0.15, -0.1) is 0 Å². The number of carbonyl (C=O) groups is 1. The highest BCUT2D eigenvalue weighted by atomic mass is 32.2. The monoisotopic (exact) mass is 456 g/mol. The fraction of sp³-hybridized carbons (Fsp3) is 0.417. The van der Waals surface area contributed by atoms with Crippen molar-refractivity contribution in [3.05, 3.63) is 53.9 Å². The molecule has 172 valence electrons. The summed E-state index contributed by atoms with van der Waals surface area (Å²) < 4.78 is 28.1. The number of amides is 1. The molecule has 2 aromatic carbocycles. The lowest BCUT2D eigenvalue weighted by molar-refractivity contribution is -0.116. The minimum atomic E-state index is -3.53. The van der Waals surface area contributed by atoms with Gasteiger partial charge in [-0.3, -0.25) is 4.79 Å². The third kappa shape index (κ3) is 5.37. The normalized spacial score (nSPS) is 11.9. The molecule has 0 aliphatic heterocycles. The number of carbonyl (C=O) groups excluding carboxylic acids is 1. The molecular weight excluding hydrogens is 424 g/mol. The van der Waals surface area contributed by atoms with Gasteiger partial charge in [-0.2, -0.15) is 0 Å². The molecule has 1 aromatic heterocycles. The summed E-state index contributed by atoms with van der Waals surface area (Å²) in [5.74, 6) is 0.698. The van der Waals surface area contributed by atoms with E-state index in [9.17, 15) is 13.2 Å². The number of unbranched alkanes of at least 4 members (excludes halogenated alkanes) is 1. The molecule has 0 saturated carbocycles. The molecule has 3 aromatic rings. The first kappa shape index (κ1) is 23.9. The minimum Gasteiger partial charge on any atom is -0.328 e. The van der Waals surface area contributed by atoms with Gasteiger partial charge in [0.25, 0.3) is 0 Å². The van der Waals surface area contributed by atoms with Gasteiger partial charge in [-0.05, 0) is 55.7 Å². The maximum Gasteiger partial charge on any atom is 0.242 e. The summed E-state index contributed by atoms with van der Waals surface area (Å²) >= 11 is 0. The van der Waals surface area contributed by atoms with Crippen LogP contribution in [0.5, 0.6) is 0 Å². The van der Waals surface area contributed by atoms with Crippen LogP contribution in [0.15, 0.2) is 47.4 Å². The number of benzene rings is 2. The first-order valence-electron chi connectivity index (χ1n) is 11.1. The molecule has 8 heteroatoms. The van der Waals surface area contributed by atoms with E-state index in [1.807, 2.05) is 23.6 Å². The Bertz CT molecular complexity index is 1180. The Hall–Kier alpha value is -2.71. The Morgan fingerprint density at radius 1 is 1.06 bits per heavy atom. The molecule has 32 heavy (non-hydrogen) atoms. The van der Waals surface area contributed by atoms with Crippen LogP contribution in [-0.4, -0.2) is 42.3 Å². The number of anilines is 1. The summed E-state index contributed by atoms with van der Waals surface area (Å²) in [7, 11) is -0.514. The number of rotatable bonds is 10. The van der Waals surface area contributed by atoms with Crippen LogP contribution in [-0.2, 0) is 34.2 Å². The minimum absolute atomic E-state index is 0.0723. The number of sulfonamides is 1. The predicted molar refractivity (Wildman–Crippen MR) is 128 cm³/mol. The predicted octanol–water partition coefficient (Wildman–Crippen LogP) is 4.22. The number of fused-ring (bicyclic) bond motifs is 1. The molecule has 7 nitrogen and oxygen atoms in total. The van der Waals surface area contributed by atoms with E-state index >= 15 is 0 Å². The molecule has 0 aliphatic rings. The molecule has 3 rings (SSSR count). The molecule has 1 heterocycles. The fourth-order valence-corrected chi connectivity index (χ4v) is 4.58. The van der Waals surface area contributed by atoms with Crippen LogP contribution in [0.1, 0.15) is 44.5 Å². The van der Waals surface area contributed by atoms with Gasteiger partial charge in [0.2, 0.25) is 15.9 Å². The average molecular weight is 457 g/mol. The van der Waals surface area contributed by atoms with Gasteiger partial charge in [0.1, 0.15) is 5.82 Å². The Balaban J connectivity index is 1.70. The summed E-state index contributed by atoms with van der Waals surface area (Å²) in [4.78, 5) is 17.3. The van der Waals surface area contributed by atoms with E-state index in [0.717, 1.165) is 36.3 Å². The van der Waals surface area contributed by atoms with Gasteiger partial charge in [-0.25, -0.2) is 17.7 Å². The van der Waals surface area contributed by atoms with Crippen molar-refractivity contribution in [1.29, 1.82) is 0 Å². The van der Waals surface area contributed by atoms with Crippen molar-refractivity contribution in [1.82, 2.24) is 13.9 Å². The lowest BCUT2D eigenvalue weighted by atomic mass is 10.1. The maximum absolute atomic E-state index is 12.5. The van der Waals surface area contributed by atoms with Crippen molar-refractivity contribution >= 4 is 32.7 Å². The number of hydrogen-bond acceptors (Lipinski definition) is 4. The first-order chi connectivity index (χ1) is 15.3. The lowest BCUT2D eigenvalue weighted by Crippen LogP contribution is -2.22. The molecule has 0 radical (unpaired) electrons. The summed E-state index contributed by atoms with van der Waals surface area (Å²) in [6.45, 7) is 4.87. The van der Waals surface area contributed by atoms with E-state index < -0.39 is 10.0 Å². The van der Waals surface area contributed by atoms with Gasteiger partial charge in [0, 0.05) is 39.2 Å². The van der Waals surface area contributed by atoms with Crippen LogP contribution in [0.2, 0.25) is 0 Å². The zero-order valence-electron chi connectivity index (χ0n) is 19.3. The lowest BCUT2D eigenvalue weighted by Gasteiger charge is -2.11. The molecule has 1 amide bonds. The quantitative estimate of drug-likeness (QED) is 0.495. The summed E-state index contributed by atoms with van der Waals surface area (Å²) in [5.41, 5.74) is 3.55. The highest BCUT2D eigenvalue weighted by Crippen LogP contribution is 2.23. The molecule has 0 saturated heterocycles. The topological polar surface area (TPSA) is 84.3 Å². The van der Waals surface area contributed by atoms with E-state index in [2.05, 4.69) is 29.4 Å². The second-order valence-electron chi connectivity index (χ2n) is 8.06. The van der Waals surface area contributed by atoms with Crippen molar-refractivity contribution in [2.24, 2.45) is 0 Å². The zero-order valence-corrected chi connectivity index (χ0v) is 20.1. The molecule has 0 spiro atoms. The van der Waals surface area contributed by atoms with Crippen LogP contribution < -0.4 is 5.32 Å². The Labute approximate surface area is 190 Å². The maximum atomic E-state index is 12.5. The molecule has 0 unspecified atom stereocenters. The number of aryl methyl sites for hydroxylation is 3. The fourth-order valence-electron chi connectivity index (χ4n) is 3.66. The van der Waals surface area contributed by atoms with Crippen LogP contribution in [0.25, 0.3) is 11.0 Å². The summed E-state index contributed by atoms with van der Waals surface area (Å²) in [6, 6.07) is 13.0. The van der Waals surface area contributed by atoms with Crippen LogP contribution >= 0.6 is 0 Å². The number of nitrogens with one attached hydrogen (secondary N) is 1. The van der Waals surface area contributed by atoms with Gasteiger partial charge in [0.05, 0.1) is 15.9 Å². The SMILES string of the molecule is CCCCc1ccc(NC(=O)CCc2nc3cc(S(=O)(=O)N(C)C)ccc3n2CC)cc1. The highest BCUT2D eigenvalue weighted by Gasteiger charge is 2.19. The van der Waals surface area contributed by atoms with Crippen molar-refractivity contribution in [2.75, 3.05) is 19.4 Å². The molecule has 0 atom stereocenters. The third-order valence-electron chi connectivity index (χ3n) is 5.53. The van der Waals surface area contributed by atoms with E-state index in [4.69, 9.17) is 0 Å². The average Bonchev–Trinajstić information content (AvgIpc) is 3.13. The van der Waals surface area contributed by atoms with Crippen LogP contribution in [0, 0.1) is 0 Å². The Morgan fingerprint density at radius 3 is 2.41 bits per heavy atom. The number of hydrogen-bond donors (Lipinski definition) is 1. The summed E-state index contributed by atoms with van der Waals surface area (Å²) in [5, 5.41) is 2.95. The van der Waals surface area contributed by atoms with Crippen molar-refractivity contribution in [3.63, 3.8) is 0 Å². The molecule has 0 fully saturated rings. The molecule has 1 N–H and O–H groups in total. The second-order valence-corrected chi connectivity index (χ2v) is 10.2. The van der Waals surface area contributed by atoms with E-state index in [-0.39, 0.29) is 10.8 Å². The Kier molecular flexibility index (Phi) is 7.69. The van der Waals surface area contributed by atoms with Crippen molar-refractivity contribution in [2.45, 2.75) is 57.4 Å². The summed E-state index contributed by atoms with van der Waals surface area (Å²) in [6.07, 6.45) is 4.14. The van der Waals surface area contributed by atoms with Crippen LogP contribution in [0.4, 0.5) is 5.69 Å². The molecule has 0 aliphatic carbocycles. The van der Waals surface area contributed by atoms with E-state index in [1.165, 1.54) is 24.0 Å². The highest BCUT2D eigenvalue weighted by molar-refractivity contribution is 7.89. The van der Waals surface area contributed by atoms with Crippen molar-refractivity contribution in [3.8, 4) is 0 Å². The Morgan fingerprint density at radius 2 is 1.78 bits per heavy atom. The molecular formula is C24H32N4O3S. The zero-order chi connectivity index (χ0) is 23.3.